The molecule has 1 aromatic heterocycles. The quantitative estimate of drug-likeness (QED) is 0.846. The number of carbonyl (C=O) groups excluding carboxylic acids is 1. The Bertz CT molecular complexity index is 621. The van der Waals surface area contributed by atoms with E-state index in [-0.39, 0.29) is 11.8 Å². The summed E-state index contributed by atoms with van der Waals surface area (Å²) in [5, 5.41) is 10.2. The number of amides is 1. The number of aromatic amines is 1. The van der Waals surface area contributed by atoms with E-state index < -0.39 is 0 Å². The Hall–Kier alpha value is -1.81. The lowest BCUT2D eigenvalue weighted by Crippen LogP contribution is -2.12. The van der Waals surface area contributed by atoms with Crippen molar-refractivity contribution >= 4 is 23.2 Å². The molecule has 4 nitrogen and oxygen atoms in total. The zero-order chi connectivity index (χ0) is 13.2. The first-order valence-corrected chi connectivity index (χ1v) is 6.84. The lowest BCUT2D eigenvalue weighted by Gasteiger charge is -2.05. The summed E-state index contributed by atoms with van der Waals surface area (Å²) >= 11 is 5.49. The maximum atomic E-state index is 11.3. The molecule has 0 fully saturated rings. The van der Waals surface area contributed by atoms with Gasteiger partial charge >= 0.3 is 0 Å². The summed E-state index contributed by atoms with van der Waals surface area (Å²) in [5.74, 6) is -0.242. The summed E-state index contributed by atoms with van der Waals surface area (Å²) in [4.78, 5) is 11.3. The van der Waals surface area contributed by atoms with Crippen molar-refractivity contribution in [1.29, 1.82) is 0 Å². The lowest BCUT2D eigenvalue weighted by molar-refractivity contribution is -0.113. The van der Waals surface area contributed by atoms with Gasteiger partial charge in [0.1, 0.15) is 5.88 Å². The number of H-pyrrole nitrogens is 1. The van der Waals surface area contributed by atoms with Gasteiger partial charge in [0, 0.05) is 22.5 Å². The lowest BCUT2D eigenvalue weighted by atomic mass is 10.1. The Labute approximate surface area is 116 Å². The Kier molecular flexibility index (Phi) is 3.25. The number of halogens is 1. The van der Waals surface area contributed by atoms with Crippen LogP contribution < -0.4 is 5.32 Å². The van der Waals surface area contributed by atoms with Gasteiger partial charge in [-0.25, -0.2) is 0 Å². The second-order valence-corrected chi connectivity index (χ2v) is 4.91. The molecule has 0 bridgehead atoms. The van der Waals surface area contributed by atoms with Crippen molar-refractivity contribution in [2.75, 3.05) is 11.2 Å². The van der Waals surface area contributed by atoms with Crippen molar-refractivity contribution in [3.8, 4) is 11.3 Å². The van der Waals surface area contributed by atoms with Crippen LogP contribution in [-0.2, 0) is 17.6 Å². The number of nitrogens with zero attached hydrogens (tertiary/aromatic N) is 1. The Morgan fingerprint density at radius 3 is 3.16 bits per heavy atom. The molecule has 0 unspecified atom stereocenters. The Morgan fingerprint density at radius 1 is 1.42 bits per heavy atom. The van der Waals surface area contributed by atoms with Gasteiger partial charge in [-0.15, -0.1) is 11.6 Å². The minimum atomic E-state index is -0.203. The second-order valence-electron chi connectivity index (χ2n) is 4.65. The van der Waals surface area contributed by atoms with E-state index in [0.717, 1.165) is 29.8 Å². The highest BCUT2D eigenvalue weighted by atomic mass is 35.5. The van der Waals surface area contributed by atoms with Gasteiger partial charge in [0.2, 0.25) is 5.91 Å². The maximum absolute atomic E-state index is 11.3. The normalized spacial score (nSPS) is 13.3. The summed E-state index contributed by atoms with van der Waals surface area (Å²) in [6.07, 6.45) is 3.32. The van der Waals surface area contributed by atoms with Crippen LogP contribution in [0.4, 0.5) is 5.69 Å². The van der Waals surface area contributed by atoms with Crippen molar-refractivity contribution in [3.05, 3.63) is 35.5 Å². The molecule has 98 valence electrons. The summed E-state index contributed by atoms with van der Waals surface area (Å²) < 4.78 is 0. The predicted molar refractivity (Wildman–Crippen MR) is 75.4 cm³/mol. The van der Waals surface area contributed by atoms with Crippen LogP contribution in [0.2, 0.25) is 0 Å². The molecular weight excluding hydrogens is 262 g/mol. The van der Waals surface area contributed by atoms with Gasteiger partial charge in [-0.05, 0) is 31.4 Å². The van der Waals surface area contributed by atoms with E-state index in [4.69, 9.17) is 11.6 Å². The van der Waals surface area contributed by atoms with Crippen LogP contribution in [0.5, 0.6) is 0 Å². The highest BCUT2D eigenvalue weighted by Crippen LogP contribution is 2.31. The van der Waals surface area contributed by atoms with Crippen LogP contribution in [0.15, 0.2) is 24.3 Å². The van der Waals surface area contributed by atoms with E-state index in [2.05, 4.69) is 15.5 Å². The zero-order valence-electron chi connectivity index (χ0n) is 10.4. The van der Waals surface area contributed by atoms with E-state index in [0.29, 0.717) is 0 Å². The molecule has 0 spiro atoms. The number of hydrogen-bond acceptors (Lipinski definition) is 2. The van der Waals surface area contributed by atoms with Gasteiger partial charge in [0.15, 0.2) is 0 Å². The summed E-state index contributed by atoms with van der Waals surface area (Å²) in [6, 6.07) is 7.69. The molecule has 0 aliphatic heterocycles. The molecule has 0 saturated heterocycles. The van der Waals surface area contributed by atoms with Crippen molar-refractivity contribution < 1.29 is 4.79 Å². The first-order chi connectivity index (χ1) is 9.28. The van der Waals surface area contributed by atoms with E-state index in [1.54, 1.807) is 0 Å². The predicted octanol–water partition coefficient (Wildman–Crippen LogP) is 2.74. The average molecular weight is 276 g/mol. The van der Waals surface area contributed by atoms with Crippen LogP contribution >= 0.6 is 11.6 Å². The molecule has 1 aromatic carbocycles. The molecule has 0 radical (unpaired) electrons. The van der Waals surface area contributed by atoms with Crippen molar-refractivity contribution in [3.63, 3.8) is 0 Å². The Morgan fingerprint density at radius 2 is 2.32 bits per heavy atom. The van der Waals surface area contributed by atoms with E-state index >= 15 is 0 Å². The first-order valence-electron chi connectivity index (χ1n) is 6.30. The van der Waals surface area contributed by atoms with E-state index in [1.165, 1.54) is 17.7 Å². The van der Waals surface area contributed by atoms with Gasteiger partial charge in [0.25, 0.3) is 0 Å². The van der Waals surface area contributed by atoms with Crippen LogP contribution in [0.1, 0.15) is 17.7 Å². The fraction of sp³-hybridized carbons (Fsp3) is 0.286. The summed E-state index contributed by atoms with van der Waals surface area (Å²) in [6.45, 7) is 0. The average Bonchev–Trinajstić information content (AvgIpc) is 3.01. The molecule has 19 heavy (non-hydrogen) atoms. The van der Waals surface area contributed by atoms with Gasteiger partial charge in [-0.3, -0.25) is 9.89 Å². The standard InChI is InChI=1S/C14H14ClN3O/c15-8-13(19)16-10-4-1-3-9(7-10)14-11-5-2-6-12(11)17-18-14/h1,3-4,7H,2,5-6,8H2,(H,16,19)(H,17,18). The van der Waals surface area contributed by atoms with Crippen LogP contribution in [0.3, 0.4) is 0 Å². The molecule has 1 aliphatic carbocycles. The molecule has 3 rings (SSSR count). The monoisotopic (exact) mass is 275 g/mol. The highest BCUT2D eigenvalue weighted by molar-refractivity contribution is 6.29. The van der Waals surface area contributed by atoms with Crippen LogP contribution in [0.25, 0.3) is 11.3 Å². The topological polar surface area (TPSA) is 57.8 Å². The second kappa shape index (κ2) is 5.05. The number of carbonyl (C=O) groups is 1. The number of hydrogen-bond donors (Lipinski definition) is 2. The molecule has 2 N–H and O–H groups in total. The molecular formula is C14H14ClN3O. The van der Waals surface area contributed by atoms with Gasteiger partial charge in [-0.1, -0.05) is 12.1 Å². The van der Waals surface area contributed by atoms with Crippen LogP contribution in [-0.4, -0.2) is 22.0 Å². The molecule has 0 atom stereocenters. The maximum Gasteiger partial charge on any atom is 0.239 e. The number of anilines is 1. The largest absolute Gasteiger partial charge is 0.325 e. The zero-order valence-corrected chi connectivity index (χ0v) is 11.1. The molecule has 1 aliphatic rings. The number of alkyl halides is 1. The molecule has 1 amide bonds. The molecule has 0 saturated carbocycles. The Balaban J connectivity index is 1.92. The van der Waals surface area contributed by atoms with Crippen molar-refractivity contribution in [1.82, 2.24) is 10.2 Å². The number of benzene rings is 1. The third-order valence-electron chi connectivity index (χ3n) is 3.35. The van der Waals surface area contributed by atoms with Crippen molar-refractivity contribution in [2.24, 2.45) is 0 Å². The molecule has 2 aromatic rings. The minimum absolute atomic E-state index is 0.0397. The first kappa shape index (κ1) is 12.2. The van der Waals surface area contributed by atoms with Gasteiger partial charge in [0.05, 0.1) is 5.69 Å². The summed E-state index contributed by atoms with van der Waals surface area (Å²) in [7, 11) is 0. The number of aromatic nitrogens is 2. The third-order valence-corrected chi connectivity index (χ3v) is 3.59. The van der Waals surface area contributed by atoms with Gasteiger partial charge < -0.3 is 5.32 Å². The van der Waals surface area contributed by atoms with E-state index in [9.17, 15) is 4.79 Å². The summed E-state index contributed by atoms with van der Waals surface area (Å²) in [5.41, 5.74) is 5.31. The fourth-order valence-electron chi connectivity index (χ4n) is 2.50. The molecule has 1 heterocycles. The smallest absolute Gasteiger partial charge is 0.239 e. The number of rotatable bonds is 3. The van der Waals surface area contributed by atoms with E-state index in [1.807, 2.05) is 24.3 Å². The minimum Gasteiger partial charge on any atom is -0.325 e. The SMILES string of the molecule is O=C(CCl)Nc1cccc(-c2n[nH]c3c2CCC3)c1. The number of fused-ring (bicyclic) bond motifs is 1. The highest BCUT2D eigenvalue weighted by Gasteiger charge is 2.19. The third kappa shape index (κ3) is 2.36. The van der Waals surface area contributed by atoms with Gasteiger partial charge in [-0.2, -0.15) is 5.10 Å². The van der Waals surface area contributed by atoms with Crippen LogP contribution in [0, 0.1) is 0 Å². The molecule has 5 heteroatoms. The number of aryl methyl sites for hydroxylation is 1. The fourth-order valence-corrected chi connectivity index (χ4v) is 2.56. The van der Waals surface area contributed by atoms with Crippen molar-refractivity contribution in [2.45, 2.75) is 19.3 Å². The number of nitrogens with one attached hydrogen (secondary N) is 2.